The lowest BCUT2D eigenvalue weighted by Crippen LogP contribution is -2.51. The lowest BCUT2D eigenvalue weighted by molar-refractivity contribution is -0.0438. The van der Waals surface area contributed by atoms with Crippen molar-refractivity contribution in [3.63, 3.8) is 0 Å². The van der Waals surface area contributed by atoms with Crippen molar-refractivity contribution in [2.24, 2.45) is 17.3 Å². The van der Waals surface area contributed by atoms with Crippen LogP contribution in [0.1, 0.15) is 78.1 Å². The first-order chi connectivity index (χ1) is 10.2. The Morgan fingerprint density at radius 3 is 1.76 bits per heavy atom. The number of rotatable bonds is 7. The third-order valence-corrected chi connectivity index (χ3v) is 6.09. The molecule has 2 saturated carbocycles. The lowest BCUT2D eigenvalue weighted by atomic mass is 9.59. The smallest absolute Gasteiger partial charge is 0.0536 e. The number of methoxy groups -OCH3 is 1. The first-order valence-electron chi connectivity index (χ1n) is 9.41. The van der Waals surface area contributed by atoms with E-state index in [1.807, 2.05) is 7.11 Å². The first kappa shape index (κ1) is 17.3. The Bertz CT molecular complexity index is 259. The van der Waals surface area contributed by atoms with E-state index in [-0.39, 0.29) is 0 Å². The predicted octanol–water partition coefficient (Wildman–Crippen LogP) is 4.78. The van der Waals surface area contributed by atoms with Gasteiger partial charge in [-0.05, 0) is 37.5 Å². The van der Waals surface area contributed by atoms with Gasteiger partial charge in [0.25, 0.3) is 0 Å². The molecule has 0 aromatic rings. The minimum absolute atomic E-state index is 0.389. The highest BCUT2D eigenvalue weighted by atomic mass is 16.5. The first-order valence-corrected chi connectivity index (χ1v) is 9.41. The Labute approximate surface area is 132 Å². The summed E-state index contributed by atoms with van der Waals surface area (Å²) in [5.41, 5.74) is 0.389. The summed E-state index contributed by atoms with van der Waals surface area (Å²) in [6, 6.07) is 0.577. The normalized spacial score (nSPS) is 22.9. The summed E-state index contributed by atoms with van der Waals surface area (Å²) in [7, 11) is 1.91. The average molecular weight is 296 g/mol. The van der Waals surface area contributed by atoms with E-state index in [1.54, 1.807) is 0 Å². The van der Waals surface area contributed by atoms with E-state index in [1.165, 1.54) is 64.2 Å². The molecule has 0 radical (unpaired) electrons. The van der Waals surface area contributed by atoms with Gasteiger partial charge in [-0.25, -0.2) is 0 Å². The molecule has 0 bridgehead atoms. The number of ether oxygens (including phenoxy) is 1. The second-order valence-corrected chi connectivity index (χ2v) is 7.87. The maximum atomic E-state index is 5.81. The van der Waals surface area contributed by atoms with Crippen molar-refractivity contribution < 1.29 is 4.74 Å². The molecule has 0 heterocycles. The highest BCUT2D eigenvalue weighted by molar-refractivity contribution is 4.96. The third-order valence-electron chi connectivity index (χ3n) is 6.09. The molecule has 0 spiro atoms. The summed E-state index contributed by atoms with van der Waals surface area (Å²) >= 11 is 0. The minimum Gasteiger partial charge on any atom is -0.384 e. The second-order valence-electron chi connectivity index (χ2n) is 7.87. The molecular weight excluding hydrogens is 258 g/mol. The quantitative estimate of drug-likeness (QED) is 0.730. The molecule has 0 saturated heterocycles. The van der Waals surface area contributed by atoms with Gasteiger partial charge in [-0.3, -0.25) is 0 Å². The van der Waals surface area contributed by atoms with E-state index in [9.17, 15) is 0 Å². The monoisotopic (exact) mass is 295 g/mol. The molecule has 21 heavy (non-hydrogen) atoms. The summed E-state index contributed by atoms with van der Waals surface area (Å²) < 4.78 is 5.81. The molecule has 2 nitrogen and oxygen atoms in total. The molecule has 124 valence electrons. The van der Waals surface area contributed by atoms with Crippen molar-refractivity contribution >= 4 is 0 Å². The molecule has 0 aliphatic heterocycles. The van der Waals surface area contributed by atoms with Gasteiger partial charge < -0.3 is 10.1 Å². The molecule has 0 amide bonds. The minimum atomic E-state index is 0.389. The lowest BCUT2D eigenvalue weighted by Gasteiger charge is -2.49. The van der Waals surface area contributed by atoms with Crippen LogP contribution in [0.25, 0.3) is 0 Å². The Kier molecular flexibility index (Phi) is 7.01. The van der Waals surface area contributed by atoms with Crippen LogP contribution in [0.2, 0.25) is 0 Å². The zero-order chi connectivity index (χ0) is 15.1. The Hall–Kier alpha value is -0.0800. The molecular formula is C19H37NO. The summed E-state index contributed by atoms with van der Waals surface area (Å²) in [6.45, 7) is 6.68. The zero-order valence-electron chi connectivity index (χ0n) is 14.6. The largest absolute Gasteiger partial charge is 0.384 e. The van der Waals surface area contributed by atoms with E-state index in [2.05, 4.69) is 19.2 Å². The van der Waals surface area contributed by atoms with Gasteiger partial charge in [0, 0.05) is 25.1 Å². The maximum absolute atomic E-state index is 5.81. The molecule has 0 aromatic carbocycles. The van der Waals surface area contributed by atoms with E-state index in [0.29, 0.717) is 11.5 Å². The van der Waals surface area contributed by atoms with Gasteiger partial charge >= 0.3 is 0 Å². The van der Waals surface area contributed by atoms with Crippen molar-refractivity contribution in [1.29, 1.82) is 0 Å². The predicted molar refractivity (Wildman–Crippen MR) is 90.6 cm³/mol. The molecule has 1 N–H and O–H groups in total. The fourth-order valence-electron chi connectivity index (χ4n) is 4.93. The highest BCUT2D eigenvalue weighted by Gasteiger charge is 2.45. The van der Waals surface area contributed by atoms with E-state index < -0.39 is 0 Å². The molecule has 2 heteroatoms. The van der Waals surface area contributed by atoms with Crippen LogP contribution in [0, 0.1) is 17.3 Å². The Morgan fingerprint density at radius 2 is 1.38 bits per heavy atom. The average Bonchev–Trinajstić information content (AvgIpc) is 2.53. The van der Waals surface area contributed by atoms with Crippen LogP contribution in [0.3, 0.4) is 0 Å². The number of hydrogen-bond donors (Lipinski definition) is 1. The van der Waals surface area contributed by atoms with E-state index in [4.69, 9.17) is 4.74 Å². The van der Waals surface area contributed by atoms with Crippen LogP contribution < -0.4 is 5.32 Å². The summed E-state index contributed by atoms with van der Waals surface area (Å²) in [6.07, 6.45) is 14.4. The van der Waals surface area contributed by atoms with Crippen molar-refractivity contribution in [2.45, 2.75) is 84.1 Å². The van der Waals surface area contributed by atoms with Crippen LogP contribution in [0.4, 0.5) is 0 Å². The highest BCUT2D eigenvalue weighted by Crippen LogP contribution is 2.48. The fourth-order valence-corrected chi connectivity index (χ4v) is 4.93. The summed E-state index contributed by atoms with van der Waals surface area (Å²) in [4.78, 5) is 0. The molecule has 2 rings (SSSR count). The summed E-state index contributed by atoms with van der Waals surface area (Å²) in [5.74, 6) is 1.75. The SMILES string of the molecule is COCC(CNC(C)C)(C1CCCCC1)C1CCCCC1. The van der Waals surface area contributed by atoms with Crippen LogP contribution in [-0.4, -0.2) is 26.3 Å². The van der Waals surface area contributed by atoms with E-state index in [0.717, 1.165) is 25.0 Å². The van der Waals surface area contributed by atoms with Crippen molar-refractivity contribution in [3.05, 3.63) is 0 Å². The van der Waals surface area contributed by atoms with Gasteiger partial charge in [0.2, 0.25) is 0 Å². The van der Waals surface area contributed by atoms with Crippen LogP contribution in [0.5, 0.6) is 0 Å². The van der Waals surface area contributed by atoms with Gasteiger partial charge in [-0.15, -0.1) is 0 Å². The molecule has 2 fully saturated rings. The number of hydrogen-bond acceptors (Lipinski definition) is 2. The van der Waals surface area contributed by atoms with Gasteiger partial charge in [-0.2, -0.15) is 0 Å². The molecule has 0 unspecified atom stereocenters. The van der Waals surface area contributed by atoms with Crippen LogP contribution >= 0.6 is 0 Å². The number of nitrogens with one attached hydrogen (secondary N) is 1. The Morgan fingerprint density at radius 1 is 0.905 bits per heavy atom. The fraction of sp³-hybridized carbons (Fsp3) is 1.00. The van der Waals surface area contributed by atoms with Crippen LogP contribution in [-0.2, 0) is 4.74 Å². The van der Waals surface area contributed by atoms with Crippen molar-refractivity contribution in [3.8, 4) is 0 Å². The topological polar surface area (TPSA) is 21.3 Å². The zero-order valence-corrected chi connectivity index (χ0v) is 14.6. The standard InChI is InChI=1S/C19H37NO/c1-16(2)20-14-19(15-21-3,17-10-6-4-7-11-17)18-12-8-5-9-13-18/h16-18,20H,4-15H2,1-3H3. The Balaban J connectivity index is 2.17. The van der Waals surface area contributed by atoms with Crippen molar-refractivity contribution in [1.82, 2.24) is 5.32 Å². The molecule has 2 aliphatic carbocycles. The van der Waals surface area contributed by atoms with Gasteiger partial charge in [0.05, 0.1) is 6.61 Å². The van der Waals surface area contributed by atoms with Gasteiger partial charge in [0.1, 0.15) is 0 Å². The summed E-state index contributed by atoms with van der Waals surface area (Å²) in [5, 5.41) is 3.79. The maximum Gasteiger partial charge on any atom is 0.0536 e. The van der Waals surface area contributed by atoms with Gasteiger partial charge in [-0.1, -0.05) is 52.4 Å². The van der Waals surface area contributed by atoms with Crippen LogP contribution in [0.15, 0.2) is 0 Å². The van der Waals surface area contributed by atoms with Crippen molar-refractivity contribution in [2.75, 3.05) is 20.3 Å². The second kappa shape index (κ2) is 8.53. The van der Waals surface area contributed by atoms with Gasteiger partial charge in [0.15, 0.2) is 0 Å². The molecule has 0 aromatic heterocycles. The third kappa shape index (κ3) is 4.45. The molecule has 2 aliphatic rings. The van der Waals surface area contributed by atoms with E-state index >= 15 is 0 Å². The molecule has 0 atom stereocenters.